The van der Waals surface area contributed by atoms with Crippen molar-refractivity contribution in [3.05, 3.63) is 17.7 Å². The van der Waals surface area contributed by atoms with Crippen molar-refractivity contribution in [2.45, 2.75) is 58.1 Å². The molecule has 1 aromatic carbocycles. The van der Waals surface area contributed by atoms with E-state index in [2.05, 4.69) is 22.5 Å². The fourth-order valence-electron chi connectivity index (χ4n) is 3.48. The van der Waals surface area contributed by atoms with Gasteiger partial charge in [-0.15, -0.1) is 0 Å². The largest absolute Gasteiger partial charge is 0.496 e. The molecule has 1 aromatic rings. The Labute approximate surface area is 175 Å². The molecular formula is C22H37N3O4. The molecule has 0 heterocycles. The fraction of sp³-hybridized carbons (Fsp3) is 0.682. The number of hydrogen-bond acceptors (Lipinski definition) is 5. The van der Waals surface area contributed by atoms with Gasteiger partial charge in [0.2, 0.25) is 0 Å². The molecule has 1 fully saturated rings. The summed E-state index contributed by atoms with van der Waals surface area (Å²) in [5.74, 6) is 2.81. The summed E-state index contributed by atoms with van der Waals surface area (Å²) in [4.78, 5) is 4.69. The minimum atomic E-state index is 0.461. The Hall–Kier alpha value is -2.15. The monoisotopic (exact) mass is 407 g/mol. The summed E-state index contributed by atoms with van der Waals surface area (Å²) in [6.45, 7) is 4.94. The molecule has 29 heavy (non-hydrogen) atoms. The van der Waals surface area contributed by atoms with Crippen LogP contribution in [0.5, 0.6) is 17.2 Å². The number of methoxy groups -OCH3 is 3. The highest BCUT2D eigenvalue weighted by atomic mass is 16.5. The van der Waals surface area contributed by atoms with Gasteiger partial charge in [0.25, 0.3) is 0 Å². The second kappa shape index (κ2) is 13.1. The third kappa shape index (κ3) is 7.65. The highest BCUT2D eigenvalue weighted by Crippen LogP contribution is 2.34. The van der Waals surface area contributed by atoms with Crippen molar-refractivity contribution in [3.63, 3.8) is 0 Å². The highest BCUT2D eigenvalue weighted by Gasteiger charge is 2.13. The smallest absolute Gasteiger partial charge is 0.191 e. The van der Waals surface area contributed by atoms with Crippen LogP contribution in [0.15, 0.2) is 17.1 Å². The van der Waals surface area contributed by atoms with Crippen LogP contribution >= 0.6 is 0 Å². The van der Waals surface area contributed by atoms with E-state index in [0.29, 0.717) is 24.1 Å². The number of ether oxygens (including phenoxy) is 4. The molecule has 0 bridgehead atoms. The van der Waals surface area contributed by atoms with E-state index in [0.717, 1.165) is 43.4 Å². The Bertz CT molecular complexity index is 631. The van der Waals surface area contributed by atoms with E-state index in [1.807, 2.05) is 12.1 Å². The van der Waals surface area contributed by atoms with Crippen molar-refractivity contribution in [3.8, 4) is 17.2 Å². The number of rotatable bonds is 11. The van der Waals surface area contributed by atoms with Gasteiger partial charge in [-0.05, 0) is 32.3 Å². The predicted octanol–water partition coefficient (Wildman–Crippen LogP) is 3.51. The number of hydrogen-bond donors (Lipinski definition) is 2. The molecule has 2 rings (SSSR count). The van der Waals surface area contributed by atoms with Gasteiger partial charge in [0.15, 0.2) is 17.5 Å². The number of benzene rings is 1. The number of aliphatic imine (C=N–C) groups is 1. The molecule has 0 radical (unpaired) electrons. The van der Waals surface area contributed by atoms with Crippen molar-refractivity contribution in [1.29, 1.82) is 0 Å². The van der Waals surface area contributed by atoms with Crippen LogP contribution in [0.25, 0.3) is 0 Å². The molecule has 1 aliphatic carbocycles. The maximum Gasteiger partial charge on any atom is 0.191 e. The average molecular weight is 408 g/mol. The Kier molecular flexibility index (Phi) is 10.5. The Morgan fingerprint density at radius 2 is 1.66 bits per heavy atom. The molecule has 2 N–H and O–H groups in total. The van der Waals surface area contributed by atoms with Gasteiger partial charge in [-0.25, -0.2) is 4.99 Å². The van der Waals surface area contributed by atoms with Crippen LogP contribution in [0.2, 0.25) is 0 Å². The van der Waals surface area contributed by atoms with Crippen LogP contribution in [0.4, 0.5) is 0 Å². The Morgan fingerprint density at radius 1 is 0.966 bits per heavy atom. The van der Waals surface area contributed by atoms with Gasteiger partial charge in [-0.3, -0.25) is 0 Å². The molecule has 0 spiro atoms. The average Bonchev–Trinajstić information content (AvgIpc) is 2.77. The first-order valence-corrected chi connectivity index (χ1v) is 10.6. The molecule has 164 valence electrons. The van der Waals surface area contributed by atoms with E-state index in [9.17, 15) is 0 Å². The lowest BCUT2D eigenvalue weighted by Gasteiger charge is -2.22. The quantitative estimate of drug-likeness (QED) is 0.332. The zero-order valence-electron chi connectivity index (χ0n) is 18.4. The van der Waals surface area contributed by atoms with E-state index in [-0.39, 0.29) is 0 Å². The third-order valence-corrected chi connectivity index (χ3v) is 5.06. The van der Waals surface area contributed by atoms with Crippen LogP contribution in [-0.4, -0.2) is 53.1 Å². The van der Waals surface area contributed by atoms with E-state index in [1.54, 1.807) is 21.3 Å². The van der Waals surface area contributed by atoms with E-state index < -0.39 is 0 Å². The van der Waals surface area contributed by atoms with Crippen LogP contribution < -0.4 is 24.8 Å². The molecule has 1 aliphatic rings. The first kappa shape index (κ1) is 23.1. The summed E-state index contributed by atoms with van der Waals surface area (Å²) in [5.41, 5.74) is 0.933. The second-order valence-electron chi connectivity index (χ2n) is 7.13. The highest BCUT2D eigenvalue weighted by molar-refractivity contribution is 5.79. The molecule has 7 heteroatoms. The Balaban J connectivity index is 1.87. The van der Waals surface area contributed by atoms with E-state index in [1.165, 1.54) is 32.1 Å². The third-order valence-electron chi connectivity index (χ3n) is 5.06. The summed E-state index contributed by atoms with van der Waals surface area (Å²) in [6, 6.07) is 3.73. The molecule has 0 aliphatic heterocycles. The maximum atomic E-state index is 5.99. The van der Waals surface area contributed by atoms with Gasteiger partial charge in [0, 0.05) is 31.3 Å². The van der Waals surface area contributed by atoms with Crippen LogP contribution in [-0.2, 0) is 11.3 Å². The second-order valence-corrected chi connectivity index (χ2v) is 7.13. The molecule has 0 unspecified atom stereocenters. The van der Waals surface area contributed by atoms with Crippen molar-refractivity contribution in [2.24, 2.45) is 4.99 Å². The van der Waals surface area contributed by atoms with E-state index >= 15 is 0 Å². The van der Waals surface area contributed by atoms with Crippen molar-refractivity contribution >= 4 is 5.96 Å². The summed E-state index contributed by atoms with van der Waals surface area (Å²) >= 11 is 0. The number of nitrogens with one attached hydrogen (secondary N) is 2. The summed E-state index contributed by atoms with van der Waals surface area (Å²) in [6.07, 6.45) is 7.81. The molecule has 0 saturated heterocycles. The summed E-state index contributed by atoms with van der Waals surface area (Å²) in [7, 11) is 4.88. The van der Waals surface area contributed by atoms with Crippen molar-refractivity contribution in [1.82, 2.24) is 10.6 Å². The van der Waals surface area contributed by atoms with Crippen molar-refractivity contribution in [2.75, 3.05) is 41.0 Å². The standard InChI is InChI=1S/C22H37N3O4/c1-5-23-22(24-12-9-13-29-18-10-7-6-8-11-18)25-16-17-14-20(27-3)21(28-4)15-19(17)26-2/h14-15,18H,5-13,16H2,1-4H3,(H2,23,24,25). The Morgan fingerprint density at radius 3 is 2.31 bits per heavy atom. The minimum absolute atomic E-state index is 0.461. The van der Waals surface area contributed by atoms with Gasteiger partial charge in [0.05, 0.1) is 34.0 Å². The van der Waals surface area contributed by atoms with Gasteiger partial charge in [0.1, 0.15) is 5.75 Å². The van der Waals surface area contributed by atoms with Gasteiger partial charge in [-0.1, -0.05) is 19.3 Å². The normalized spacial score (nSPS) is 15.1. The predicted molar refractivity (Wildman–Crippen MR) is 116 cm³/mol. The molecule has 0 atom stereocenters. The lowest BCUT2D eigenvalue weighted by atomic mass is 9.98. The molecule has 7 nitrogen and oxygen atoms in total. The SMILES string of the molecule is CCNC(=NCc1cc(OC)c(OC)cc1OC)NCCCOC1CCCCC1. The van der Waals surface area contributed by atoms with Crippen LogP contribution in [0.3, 0.4) is 0 Å². The molecule has 1 saturated carbocycles. The zero-order chi connectivity index (χ0) is 20.9. The van der Waals surface area contributed by atoms with Crippen LogP contribution in [0, 0.1) is 0 Å². The van der Waals surface area contributed by atoms with E-state index in [4.69, 9.17) is 18.9 Å². The summed E-state index contributed by atoms with van der Waals surface area (Å²) < 4.78 is 22.2. The molecule has 0 amide bonds. The first-order chi connectivity index (χ1) is 14.2. The fourth-order valence-corrected chi connectivity index (χ4v) is 3.48. The maximum absolute atomic E-state index is 5.99. The molecular weight excluding hydrogens is 370 g/mol. The van der Waals surface area contributed by atoms with Crippen molar-refractivity contribution < 1.29 is 18.9 Å². The van der Waals surface area contributed by atoms with Gasteiger partial charge < -0.3 is 29.6 Å². The van der Waals surface area contributed by atoms with Crippen LogP contribution in [0.1, 0.15) is 51.0 Å². The lowest BCUT2D eigenvalue weighted by molar-refractivity contribution is 0.0277. The lowest BCUT2D eigenvalue weighted by Crippen LogP contribution is -2.38. The molecule has 0 aromatic heterocycles. The number of guanidine groups is 1. The first-order valence-electron chi connectivity index (χ1n) is 10.6. The topological polar surface area (TPSA) is 73.3 Å². The summed E-state index contributed by atoms with van der Waals surface area (Å²) in [5, 5.41) is 6.66. The van der Waals surface area contributed by atoms with Gasteiger partial charge in [-0.2, -0.15) is 0 Å². The minimum Gasteiger partial charge on any atom is -0.496 e. The number of nitrogens with zero attached hydrogens (tertiary/aromatic N) is 1. The zero-order valence-corrected chi connectivity index (χ0v) is 18.4. The van der Waals surface area contributed by atoms with Gasteiger partial charge >= 0.3 is 0 Å².